The predicted octanol–water partition coefficient (Wildman–Crippen LogP) is 2.66. The molecule has 0 aliphatic rings. The topological polar surface area (TPSA) is 47.6 Å². The van der Waals surface area contributed by atoms with Crippen molar-refractivity contribution in [2.24, 2.45) is 0 Å². The van der Waals surface area contributed by atoms with E-state index >= 15 is 0 Å². The molecule has 0 bridgehead atoms. The minimum absolute atomic E-state index is 0.381. The van der Waals surface area contributed by atoms with Gasteiger partial charge in [0.2, 0.25) is 0 Å². The molecule has 0 saturated carbocycles. The van der Waals surface area contributed by atoms with Crippen molar-refractivity contribution in [3.05, 3.63) is 41.5 Å². The first-order chi connectivity index (χ1) is 6.27. The zero-order chi connectivity index (χ0) is 9.68. The summed E-state index contributed by atoms with van der Waals surface area (Å²) >= 11 is 5.76. The number of nitriles is 2. The number of allylic oxidation sites excluding steroid dienone is 1. The van der Waals surface area contributed by atoms with Crippen molar-refractivity contribution in [3.63, 3.8) is 0 Å². The standard InChI is InChI=1S/C10H5ClN2/c11-10(5-6-12)9-3-1-8(7-13)2-4-9/h1-5H/b10-5-. The minimum atomic E-state index is 0.381. The second kappa shape index (κ2) is 4.30. The largest absolute Gasteiger partial charge is 0.193 e. The van der Waals surface area contributed by atoms with Crippen LogP contribution in [0.2, 0.25) is 0 Å². The molecular weight excluding hydrogens is 184 g/mol. The number of benzene rings is 1. The first-order valence-corrected chi connectivity index (χ1v) is 3.91. The summed E-state index contributed by atoms with van der Waals surface area (Å²) < 4.78 is 0. The molecule has 3 heteroatoms. The van der Waals surface area contributed by atoms with Gasteiger partial charge >= 0.3 is 0 Å². The van der Waals surface area contributed by atoms with Gasteiger partial charge in [0.25, 0.3) is 0 Å². The van der Waals surface area contributed by atoms with Crippen molar-refractivity contribution in [1.29, 1.82) is 10.5 Å². The van der Waals surface area contributed by atoms with Crippen molar-refractivity contribution < 1.29 is 0 Å². The molecule has 0 radical (unpaired) electrons. The van der Waals surface area contributed by atoms with E-state index in [1.807, 2.05) is 12.1 Å². The molecule has 0 amide bonds. The fourth-order valence-electron chi connectivity index (χ4n) is 0.844. The maximum atomic E-state index is 8.52. The summed E-state index contributed by atoms with van der Waals surface area (Å²) in [6.07, 6.45) is 1.25. The number of hydrogen-bond donors (Lipinski definition) is 0. The molecule has 1 aromatic carbocycles. The lowest BCUT2D eigenvalue weighted by atomic mass is 10.1. The molecular formula is C10H5ClN2. The van der Waals surface area contributed by atoms with Gasteiger partial charge in [0, 0.05) is 6.08 Å². The molecule has 13 heavy (non-hydrogen) atoms. The Morgan fingerprint density at radius 3 is 2.31 bits per heavy atom. The van der Waals surface area contributed by atoms with Gasteiger partial charge in [-0.1, -0.05) is 23.7 Å². The van der Waals surface area contributed by atoms with Crippen molar-refractivity contribution in [2.45, 2.75) is 0 Å². The van der Waals surface area contributed by atoms with E-state index in [1.165, 1.54) is 6.08 Å². The van der Waals surface area contributed by atoms with Crippen LogP contribution in [-0.2, 0) is 0 Å². The third-order valence-corrected chi connectivity index (χ3v) is 1.81. The lowest BCUT2D eigenvalue weighted by molar-refractivity contribution is 1.48. The predicted molar refractivity (Wildman–Crippen MR) is 50.6 cm³/mol. The zero-order valence-corrected chi connectivity index (χ0v) is 7.42. The molecule has 0 aliphatic heterocycles. The van der Waals surface area contributed by atoms with E-state index in [0.29, 0.717) is 10.6 Å². The average Bonchev–Trinajstić information content (AvgIpc) is 2.18. The summed E-state index contributed by atoms with van der Waals surface area (Å²) in [5, 5.41) is 17.2. The SMILES string of the molecule is N#C/C=C(\Cl)c1ccc(C#N)cc1. The number of nitrogens with zero attached hydrogens (tertiary/aromatic N) is 2. The Morgan fingerprint density at radius 2 is 1.85 bits per heavy atom. The molecule has 2 nitrogen and oxygen atoms in total. The third-order valence-electron chi connectivity index (χ3n) is 1.48. The van der Waals surface area contributed by atoms with E-state index in [2.05, 4.69) is 0 Å². The van der Waals surface area contributed by atoms with Crippen molar-refractivity contribution in [2.75, 3.05) is 0 Å². The molecule has 62 valence electrons. The molecule has 1 aromatic rings. The number of hydrogen-bond acceptors (Lipinski definition) is 2. The Hall–Kier alpha value is -1.77. The van der Waals surface area contributed by atoms with Crippen LogP contribution in [0.5, 0.6) is 0 Å². The number of rotatable bonds is 1. The summed E-state index contributed by atoms with van der Waals surface area (Å²) in [5.41, 5.74) is 1.31. The fraction of sp³-hybridized carbons (Fsp3) is 0. The molecule has 0 saturated heterocycles. The van der Waals surface area contributed by atoms with Gasteiger partial charge < -0.3 is 0 Å². The molecule has 0 aliphatic carbocycles. The van der Waals surface area contributed by atoms with Crippen LogP contribution in [0.1, 0.15) is 11.1 Å². The van der Waals surface area contributed by atoms with Gasteiger partial charge in [0.1, 0.15) is 0 Å². The Kier molecular flexibility index (Phi) is 3.09. The van der Waals surface area contributed by atoms with Crippen LogP contribution in [0.25, 0.3) is 5.03 Å². The van der Waals surface area contributed by atoms with Crippen LogP contribution in [0.4, 0.5) is 0 Å². The smallest absolute Gasteiger partial charge is 0.0991 e. The Morgan fingerprint density at radius 1 is 1.23 bits per heavy atom. The van der Waals surface area contributed by atoms with Gasteiger partial charge in [-0.05, 0) is 17.7 Å². The van der Waals surface area contributed by atoms with Gasteiger partial charge in [-0.2, -0.15) is 10.5 Å². The summed E-state index contributed by atoms with van der Waals surface area (Å²) in [7, 11) is 0. The van der Waals surface area contributed by atoms with Crippen LogP contribution in [0, 0.1) is 22.7 Å². The van der Waals surface area contributed by atoms with Crippen molar-refractivity contribution in [1.82, 2.24) is 0 Å². The lowest BCUT2D eigenvalue weighted by Gasteiger charge is -1.96. The molecule has 0 spiro atoms. The first kappa shape index (κ1) is 9.32. The fourth-order valence-corrected chi connectivity index (χ4v) is 1.02. The second-order valence-electron chi connectivity index (χ2n) is 2.31. The maximum absolute atomic E-state index is 8.52. The highest BCUT2D eigenvalue weighted by Crippen LogP contribution is 2.18. The van der Waals surface area contributed by atoms with E-state index in [-0.39, 0.29) is 0 Å². The molecule has 0 unspecified atom stereocenters. The summed E-state index contributed by atoms with van der Waals surface area (Å²) in [5.74, 6) is 0. The van der Waals surface area contributed by atoms with Crippen LogP contribution < -0.4 is 0 Å². The van der Waals surface area contributed by atoms with Crippen LogP contribution in [-0.4, -0.2) is 0 Å². The second-order valence-corrected chi connectivity index (χ2v) is 2.72. The summed E-state index contributed by atoms with van der Waals surface area (Å²) in [6.45, 7) is 0. The Labute approximate surface area is 81.3 Å². The molecule has 1 rings (SSSR count). The van der Waals surface area contributed by atoms with Crippen LogP contribution >= 0.6 is 11.6 Å². The average molecular weight is 189 g/mol. The monoisotopic (exact) mass is 188 g/mol. The number of halogens is 1. The summed E-state index contributed by atoms with van der Waals surface area (Å²) in [4.78, 5) is 0. The highest BCUT2D eigenvalue weighted by Gasteiger charge is 1.96. The van der Waals surface area contributed by atoms with Gasteiger partial charge in [0.05, 0.1) is 22.7 Å². The van der Waals surface area contributed by atoms with Crippen molar-refractivity contribution >= 4 is 16.6 Å². The highest BCUT2D eigenvalue weighted by molar-refractivity contribution is 6.48. The normalized spacial score (nSPS) is 10.2. The highest BCUT2D eigenvalue weighted by atomic mass is 35.5. The van der Waals surface area contributed by atoms with Gasteiger partial charge in [-0.3, -0.25) is 0 Å². The Balaban J connectivity index is 3.02. The van der Waals surface area contributed by atoms with Crippen LogP contribution in [0.15, 0.2) is 30.3 Å². The minimum Gasteiger partial charge on any atom is -0.193 e. The molecule has 0 atom stereocenters. The maximum Gasteiger partial charge on any atom is 0.0991 e. The lowest BCUT2D eigenvalue weighted by Crippen LogP contribution is -1.78. The van der Waals surface area contributed by atoms with E-state index < -0.39 is 0 Å². The van der Waals surface area contributed by atoms with Gasteiger partial charge in [-0.25, -0.2) is 0 Å². The molecule has 0 N–H and O–H groups in total. The third kappa shape index (κ3) is 2.33. The van der Waals surface area contributed by atoms with Gasteiger partial charge in [0.15, 0.2) is 0 Å². The molecule has 0 fully saturated rings. The summed E-state index contributed by atoms with van der Waals surface area (Å²) in [6, 6.07) is 10.6. The Bertz CT molecular complexity index is 404. The van der Waals surface area contributed by atoms with E-state index in [1.54, 1.807) is 24.3 Å². The van der Waals surface area contributed by atoms with Crippen molar-refractivity contribution in [3.8, 4) is 12.1 Å². The molecule has 0 aromatic heterocycles. The van der Waals surface area contributed by atoms with E-state index in [4.69, 9.17) is 22.1 Å². The van der Waals surface area contributed by atoms with Gasteiger partial charge in [-0.15, -0.1) is 0 Å². The zero-order valence-electron chi connectivity index (χ0n) is 6.66. The quantitative estimate of drug-likeness (QED) is 0.636. The van der Waals surface area contributed by atoms with E-state index in [9.17, 15) is 0 Å². The molecule has 0 heterocycles. The van der Waals surface area contributed by atoms with E-state index in [0.717, 1.165) is 5.56 Å². The first-order valence-electron chi connectivity index (χ1n) is 3.53. The van der Waals surface area contributed by atoms with Crippen LogP contribution in [0.3, 0.4) is 0 Å².